The number of carbonyl (C=O) groups excluding carboxylic acids is 2. The van der Waals surface area contributed by atoms with Crippen LogP contribution in [0.25, 0.3) is 0 Å². The predicted octanol–water partition coefficient (Wildman–Crippen LogP) is 1.79. The van der Waals surface area contributed by atoms with Gasteiger partial charge < -0.3 is 14.4 Å². The Labute approximate surface area is 176 Å². The van der Waals surface area contributed by atoms with E-state index in [1.54, 1.807) is 4.90 Å². The number of esters is 1. The molecule has 2 unspecified atom stereocenters. The van der Waals surface area contributed by atoms with Crippen LogP contribution in [-0.4, -0.2) is 74.5 Å². The van der Waals surface area contributed by atoms with Crippen LogP contribution < -0.4 is 0 Å². The molecule has 166 valence electrons. The molecule has 1 amide bonds. The Balaban J connectivity index is 1.71. The molecule has 30 heavy (non-hydrogen) atoms. The van der Waals surface area contributed by atoms with Gasteiger partial charge in [0.2, 0.25) is 10.0 Å². The molecule has 0 saturated carbocycles. The summed E-state index contributed by atoms with van der Waals surface area (Å²) in [5.41, 5.74) is -0.129. The van der Waals surface area contributed by atoms with Crippen molar-refractivity contribution in [1.82, 2.24) is 9.21 Å². The van der Waals surface area contributed by atoms with Crippen molar-refractivity contribution in [3.05, 3.63) is 29.6 Å². The molecule has 1 aromatic rings. The number of rotatable bonds is 5. The van der Waals surface area contributed by atoms with Crippen LogP contribution in [0.15, 0.2) is 23.1 Å². The van der Waals surface area contributed by atoms with Gasteiger partial charge in [0, 0.05) is 25.2 Å². The maximum Gasteiger partial charge on any atom is 0.338 e. The van der Waals surface area contributed by atoms with Crippen LogP contribution in [0.4, 0.5) is 4.39 Å². The second kappa shape index (κ2) is 9.40. The van der Waals surface area contributed by atoms with E-state index < -0.39 is 33.3 Å². The van der Waals surface area contributed by atoms with Crippen molar-refractivity contribution in [2.24, 2.45) is 0 Å². The Morgan fingerprint density at radius 2 is 1.80 bits per heavy atom. The highest BCUT2D eigenvalue weighted by atomic mass is 32.2. The number of amides is 1. The van der Waals surface area contributed by atoms with Crippen molar-refractivity contribution < 1.29 is 31.9 Å². The van der Waals surface area contributed by atoms with E-state index >= 15 is 0 Å². The van der Waals surface area contributed by atoms with E-state index in [0.29, 0.717) is 0 Å². The fourth-order valence-electron chi connectivity index (χ4n) is 3.95. The summed E-state index contributed by atoms with van der Waals surface area (Å²) in [7, 11) is -4.12. The average Bonchev–Trinajstić information content (AvgIpc) is 2.72. The monoisotopic (exact) mass is 442 g/mol. The van der Waals surface area contributed by atoms with E-state index in [1.165, 1.54) is 0 Å². The average molecular weight is 443 g/mol. The Hall–Kier alpha value is -2.04. The summed E-state index contributed by atoms with van der Waals surface area (Å²) in [6, 6.07) is 3.15. The number of hydrogen-bond acceptors (Lipinski definition) is 6. The molecule has 2 fully saturated rings. The molecule has 2 aliphatic rings. The summed E-state index contributed by atoms with van der Waals surface area (Å²) in [6.07, 6.45) is 2.83. The second-order valence-electron chi connectivity index (χ2n) is 7.67. The van der Waals surface area contributed by atoms with Gasteiger partial charge in [0.25, 0.3) is 5.91 Å². The number of morpholine rings is 1. The molecule has 0 aromatic heterocycles. The third-order valence-corrected chi connectivity index (χ3v) is 7.48. The fourth-order valence-corrected chi connectivity index (χ4v) is 5.45. The number of likely N-dealkylation sites (tertiary alicyclic amines) is 1. The molecule has 2 heterocycles. The molecule has 2 saturated heterocycles. The van der Waals surface area contributed by atoms with Crippen LogP contribution in [0.3, 0.4) is 0 Å². The first-order valence-corrected chi connectivity index (χ1v) is 11.5. The van der Waals surface area contributed by atoms with Crippen LogP contribution in [0.1, 0.15) is 43.5 Å². The SMILES string of the molecule is CC1CCCC(C)N1C(=O)COC(=O)c1ccc(F)c(S(=O)(=O)N2CCOCC2)c1. The Morgan fingerprint density at radius 3 is 2.43 bits per heavy atom. The molecule has 3 rings (SSSR count). The van der Waals surface area contributed by atoms with Crippen molar-refractivity contribution in [2.45, 2.75) is 50.1 Å². The lowest BCUT2D eigenvalue weighted by atomic mass is 9.97. The third-order valence-electron chi connectivity index (χ3n) is 5.56. The number of carbonyl (C=O) groups is 2. The molecule has 0 aliphatic carbocycles. The highest BCUT2D eigenvalue weighted by Crippen LogP contribution is 2.24. The number of benzene rings is 1. The van der Waals surface area contributed by atoms with Gasteiger partial charge in [0.05, 0.1) is 18.8 Å². The van der Waals surface area contributed by atoms with Crippen molar-refractivity contribution >= 4 is 21.9 Å². The Morgan fingerprint density at radius 1 is 1.17 bits per heavy atom. The largest absolute Gasteiger partial charge is 0.452 e. The minimum absolute atomic E-state index is 0.0658. The summed E-state index contributed by atoms with van der Waals surface area (Å²) in [4.78, 5) is 26.1. The zero-order chi connectivity index (χ0) is 21.9. The predicted molar refractivity (Wildman–Crippen MR) is 106 cm³/mol. The highest BCUT2D eigenvalue weighted by molar-refractivity contribution is 7.89. The van der Waals surface area contributed by atoms with Crippen molar-refractivity contribution in [3.8, 4) is 0 Å². The molecule has 2 aliphatic heterocycles. The number of halogens is 1. The quantitative estimate of drug-likeness (QED) is 0.646. The first-order valence-electron chi connectivity index (χ1n) is 10.1. The lowest BCUT2D eigenvalue weighted by molar-refractivity contribution is -0.140. The lowest BCUT2D eigenvalue weighted by Crippen LogP contribution is -2.49. The maximum atomic E-state index is 14.3. The first kappa shape index (κ1) is 22.6. The van der Waals surface area contributed by atoms with Crippen LogP contribution in [0, 0.1) is 5.82 Å². The fraction of sp³-hybridized carbons (Fsp3) is 0.600. The number of hydrogen-bond donors (Lipinski definition) is 0. The van der Waals surface area contributed by atoms with Gasteiger partial charge in [-0.2, -0.15) is 4.31 Å². The van der Waals surface area contributed by atoms with E-state index in [4.69, 9.17) is 9.47 Å². The van der Waals surface area contributed by atoms with Crippen LogP contribution in [0.5, 0.6) is 0 Å². The molecule has 1 aromatic carbocycles. The molecule has 0 N–H and O–H groups in total. The molecule has 0 radical (unpaired) electrons. The van der Waals surface area contributed by atoms with Gasteiger partial charge in [-0.3, -0.25) is 4.79 Å². The zero-order valence-electron chi connectivity index (χ0n) is 17.2. The Kier molecular flexibility index (Phi) is 7.10. The van der Waals surface area contributed by atoms with Gasteiger partial charge in [-0.1, -0.05) is 0 Å². The lowest BCUT2D eigenvalue weighted by Gasteiger charge is -2.38. The van der Waals surface area contributed by atoms with Gasteiger partial charge in [-0.15, -0.1) is 0 Å². The molecule has 0 spiro atoms. The Bertz CT molecular complexity index is 891. The van der Waals surface area contributed by atoms with Crippen LogP contribution in [0.2, 0.25) is 0 Å². The smallest absolute Gasteiger partial charge is 0.338 e. The molecular formula is C20H27FN2O6S. The first-order chi connectivity index (χ1) is 14.2. The summed E-state index contributed by atoms with van der Waals surface area (Å²) in [5, 5.41) is 0. The second-order valence-corrected chi connectivity index (χ2v) is 9.57. The van der Waals surface area contributed by atoms with Crippen LogP contribution >= 0.6 is 0 Å². The topological polar surface area (TPSA) is 93.2 Å². The van der Waals surface area contributed by atoms with E-state index in [-0.39, 0.29) is 49.9 Å². The van der Waals surface area contributed by atoms with E-state index in [1.807, 2.05) is 13.8 Å². The zero-order valence-corrected chi connectivity index (χ0v) is 18.0. The summed E-state index contributed by atoms with van der Waals surface area (Å²) in [5.74, 6) is -2.13. The highest BCUT2D eigenvalue weighted by Gasteiger charge is 2.31. The standard InChI is InChI=1S/C20H27FN2O6S/c1-14-4-3-5-15(2)23(14)19(24)13-29-20(25)16-6-7-17(21)18(12-16)30(26,27)22-8-10-28-11-9-22/h6-7,12,14-15H,3-5,8-11,13H2,1-2H3. The number of sulfonamides is 1. The normalized spacial score (nSPS) is 23.2. The molecule has 0 bridgehead atoms. The summed E-state index contributed by atoms with van der Waals surface area (Å²) in [6.45, 7) is 4.12. The van der Waals surface area contributed by atoms with Gasteiger partial charge >= 0.3 is 5.97 Å². The van der Waals surface area contributed by atoms with Crippen molar-refractivity contribution in [3.63, 3.8) is 0 Å². The number of piperidine rings is 1. The summed E-state index contributed by atoms with van der Waals surface area (Å²) < 4.78 is 51.1. The molecule has 2 atom stereocenters. The van der Waals surface area contributed by atoms with Gasteiger partial charge in [-0.05, 0) is 51.3 Å². The minimum atomic E-state index is -4.12. The van der Waals surface area contributed by atoms with Crippen LogP contribution in [-0.2, 0) is 24.3 Å². The van der Waals surface area contributed by atoms with E-state index in [2.05, 4.69) is 0 Å². The van der Waals surface area contributed by atoms with Gasteiger partial charge in [0.15, 0.2) is 6.61 Å². The number of ether oxygens (including phenoxy) is 2. The molecule has 8 nitrogen and oxygen atoms in total. The van der Waals surface area contributed by atoms with Gasteiger partial charge in [-0.25, -0.2) is 17.6 Å². The summed E-state index contributed by atoms with van der Waals surface area (Å²) >= 11 is 0. The van der Waals surface area contributed by atoms with Gasteiger partial charge in [0.1, 0.15) is 10.7 Å². The van der Waals surface area contributed by atoms with Crippen molar-refractivity contribution in [2.75, 3.05) is 32.9 Å². The molecule has 10 heteroatoms. The third kappa shape index (κ3) is 4.81. The minimum Gasteiger partial charge on any atom is -0.452 e. The van der Waals surface area contributed by atoms with E-state index in [9.17, 15) is 22.4 Å². The molecular weight excluding hydrogens is 415 g/mol. The number of nitrogens with zero attached hydrogens (tertiary/aromatic N) is 2. The van der Waals surface area contributed by atoms with E-state index in [0.717, 1.165) is 41.8 Å². The maximum absolute atomic E-state index is 14.3. The van der Waals surface area contributed by atoms with Crippen molar-refractivity contribution in [1.29, 1.82) is 0 Å².